The molecule has 0 radical (unpaired) electrons. The van der Waals surface area contributed by atoms with E-state index >= 15 is 0 Å². The summed E-state index contributed by atoms with van der Waals surface area (Å²) in [7, 11) is 0. The highest BCUT2D eigenvalue weighted by molar-refractivity contribution is 9.10. The molecule has 1 aromatic carbocycles. The first-order valence-electron chi connectivity index (χ1n) is 5.42. The lowest BCUT2D eigenvalue weighted by molar-refractivity contribution is 0.343. The molecule has 0 bridgehead atoms. The van der Waals surface area contributed by atoms with Gasteiger partial charge in [-0.25, -0.2) is 4.39 Å². The van der Waals surface area contributed by atoms with Gasteiger partial charge in [0.25, 0.3) is 0 Å². The molecular formula is C12H15BrFN. The van der Waals surface area contributed by atoms with Gasteiger partial charge in [0.15, 0.2) is 0 Å². The fourth-order valence-corrected chi connectivity index (χ4v) is 2.24. The topological polar surface area (TPSA) is 3.24 Å². The summed E-state index contributed by atoms with van der Waals surface area (Å²) >= 11 is 3.16. The van der Waals surface area contributed by atoms with E-state index < -0.39 is 0 Å². The minimum Gasteiger partial charge on any atom is -0.303 e. The molecule has 1 nitrogen and oxygen atoms in total. The lowest BCUT2D eigenvalue weighted by atomic mass is 10.1. The van der Waals surface area contributed by atoms with Crippen molar-refractivity contribution in [3.05, 3.63) is 34.1 Å². The second-order valence-corrected chi connectivity index (χ2v) is 4.90. The van der Waals surface area contributed by atoms with Gasteiger partial charge in [-0.2, -0.15) is 0 Å². The highest BCUT2D eigenvalue weighted by atomic mass is 79.9. The first-order chi connectivity index (χ1) is 7.25. The molecule has 1 aliphatic heterocycles. The van der Waals surface area contributed by atoms with E-state index in [0.717, 1.165) is 18.5 Å². The van der Waals surface area contributed by atoms with Gasteiger partial charge in [-0.15, -0.1) is 0 Å². The zero-order valence-electron chi connectivity index (χ0n) is 8.68. The first kappa shape index (κ1) is 11.1. The van der Waals surface area contributed by atoms with Gasteiger partial charge < -0.3 is 4.90 Å². The van der Waals surface area contributed by atoms with Crippen LogP contribution in [0.15, 0.2) is 22.7 Å². The van der Waals surface area contributed by atoms with Crippen molar-refractivity contribution in [1.82, 2.24) is 4.90 Å². The van der Waals surface area contributed by atoms with Gasteiger partial charge in [-0.3, -0.25) is 0 Å². The third kappa shape index (κ3) is 3.02. The molecule has 1 heterocycles. The zero-order chi connectivity index (χ0) is 10.7. The predicted octanol–water partition coefficient (Wildman–Crippen LogP) is 3.23. The second kappa shape index (κ2) is 5.08. The van der Waals surface area contributed by atoms with E-state index in [9.17, 15) is 4.39 Å². The smallest absolute Gasteiger partial charge is 0.137 e. The highest BCUT2D eigenvalue weighted by Gasteiger charge is 2.11. The van der Waals surface area contributed by atoms with Crippen LogP contribution < -0.4 is 0 Å². The van der Waals surface area contributed by atoms with Crippen LogP contribution in [0.5, 0.6) is 0 Å². The Bertz CT molecular complexity index is 334. The van der Waals surface area contributed by atoms with E-state index in [2.05, 4.69) is 20.8 Å². The third-order valence-corrected chi connectivity index (χ3v) is 3.54. The van der Waals surface area contributed by atoms with Gasteiger partial charge in [0.05, 0.1) is 4.47 Å². The van der Waals surface area contributed by atoms with Crippen LogP contribution in [-0.4, -0.2) is 24.5 Å². The van der Waals surface area contributed by atoms with E-state index in [0.29, 0.717) is 4.47 Å². The van der Waals surface area contributed by atoms with E-state index in [-0.39, 0.29) is 5.82 Å². The van der Waals surface area contributed by atoms with Crippen molar-refractivity contribution in [3.63, 3.8) is 0 Å². The Balaban J connectivity index is 1.90. The molecule has 0 aliphatic carbocycles. The summed E-state index contributed by atoms with van der Waals surface area (Å²) in [4.78, 5) is 2.44. The lowest BCUT2D eigenvalue weighted by Crippen LogP contribution is -2.21. The summed E-state index contributed by atoms with van der Waals surface area (Å²) in [5.41, 5.74) is 1.09. The van der Waals surface area contributed by atoms with Gasteiger partial charge in [0.1, 0.15) is 5.82 Å². The van der Waals surface area contributed by atoms with E-state index in [1.807, 2.05) is 6.07 Å². The molecule has 2 rings (SSSR count). The van der Waals surface area contributed by atoms with Crippen LogP contribution in [0.4, 0.5) is 4.39 Å². The van der Waals surface area contributed by atoms with E-state index in [1.54, 1.807) is 12.1 Å². The second-order valence-electron chi connectivity index (χ2n) is 4.05. The van der Waals surface area contributed by atoms with Gasteiger partial charge in [-0.05, 0) is 66.0 Å². The van der Waals surface area contributed by atoms with Crippen LogP contribution in [0.1, 0.15) is 18.4 Å². The quantitative estimate of drug-likeness (QED) is 0.816. The summed E-state index contributed by atoms with van der Waals surface area (Å²) in [5, 5.41) is 0. The Morgan fingerprint density at radius 2 is 2.00 bits per heavy atom. The molecule has 82 valence electrons. The summed E-state index contributed by atoms with van der Waals surface area (Å²) in [6.45, 7) is 3.47. The predicted molar refractivity (Wildman–Crippen MR) is 63.5 cm³/mol. The maximum absolute atomic E-state index is 13.2. The molecule has 0 aromatic heterocycles. The fraction of sp³-hybridized carbons (Fsp3) is 0.500. The number of likely N-dealkylation sites (tertiary alicyclic amines) is 1. The van der Waals surface area contributed by atoms with Crippen LogP contribution in [0.3, 0.4) is 0 Å². The third-order valence-electron chi connectivity index (χ3n) is 2.90. The molecule has 0 spiro atoms. The summed E-state index contributed by atoms with van der Waals surface area (Å²) in [5.74, 6) is -0.158. The largest absolute Gasteiger partial charge is 0.303 e. The number of benzene rings is 1. The Labute approximate surface area is 98.4 Å². The standard InChI is InChI=1S/C12H15BrFN/c13-11-4-3-10(9-12(11)14)5-8-15-6-1-2-7-15/h3-4,9H,1-2,5-8H2. The molecule has 0 unspecified atom stereocenters. The molecule has 1 aromatic rings. The van der Waals surface area contributed by atoms with Gasteiger partial charge in [0, 0.05) is 6.54 Å². The van der Waals surface area contributed by atoms with Crippen molar-refractivity contribution >= 4 is 15.9 Å². The maximum atomic E-state index is 13.2. The van der Waals surface area contributed by atoms with Crippen molar-refractivity contribution in [1.29, 1.82) is 0 Å². The van der Waals surface area contributed by atoms with Crippen molar-refractivity contribution in [2.45, 2.75) is 19.3 Å². The number of nitrogens with zero attached hydrogens (tertiary/aromatic N) is 1. The van der Waals surface area contributed by atoms with Crippen LogP contribution >= 0.6 is 15.9 Å². The normalized spacial score (nSPS) is 17.2. The number of hydrogen-bond acceptors (Lipinski definition) is 1. The number of rotatable bonds is 3. The van der Waals surface area contributed by atoms with Gasteiger partial charge in [-0.1, -0.05) is 6.07 Å². The Kier molecular flexibility index (Phi) is 3.76. The molecule has 0 saturated carbocycles. The van der Waals surface area contributed by atoms with E-state index in [4.69, 9.17) is 0 Å². The molecular weight excluding hydrogens is 257 g/mol. The molecule has 0 amide bonds. The molecule has 3 heteroatoms. The van der Waals surface area contributed by atoms with Gasteiger partial charge in [0.2, 0.25) is 0 Å². The Morgan fingerprint density at radius 1 is 1.27 bits per heavy atom. The molecule has 1 saturated heterocycles. The van der Waals surface area contributed by atoms with Crippen LogP contribution in [0.2, 0.25) is 0 Å². The minimum absolute atomic E-state index is 0.158. The highest BCUT2D eigenvalue weighted by Crippen LogP contribution is 2.17. The van der Waals surface area contributed by atoms with Crippen LogP contribution in [0, 0.1) is 5.82 Å². The molecule has 0 N–H and O–H groups in total. The van der Waals surface area contributed by atoms with Gasteiger partial charge >= 0.3 is 0 Å². The average molecular weight is 272 g/mol. The Morgan fingerprint density at radius 3 is 2.67 bits per heavy atom. The summed E-state index contributed by atoms with van der Waals surface area (Å²) in [6, 6.07) is 5.40. The summed E-state index contributed by atoms with van der Waals surface area (Å²) < 4.78 is 13.8. The number of hydrogen-bond donors (Lipinski definition) is 0. The Hall–Kier alpha value is -0.410. The number of halogens is 2. The zero-order valence-corrected chi connectivity index (χ0v) is 10.3. The van der Waals surface area contributed by atoms with Crippen molar-refractivity contribution in [3.8, 4) is 0 Å². The monoisotopic (exact) mass is 271 g/mol. The summed E-state index contributed by atoms with van der Waals surface area (Å²) in [6.07, 6.45) is 3.58. The first-order valence-corrected chi connectivity index (χ1v) is 6.21. The van der Waals surface area contributed by atoms with Crippen LogP contribution in [0.25, 0.3) is 0 Å². The van der Waals surface area contributed by atoms with E-state index in [1.165, 1.54) is 25.9 Å². The fourth-order valence-electron chi connectivity index (χ4n) is 1.99. The van der Waals surface area contributed by atoms with Crippen LogP contribution in [-0.2, 0) is 6.42 Å². The minimum atomic E-state index is -0.158. The van der Waals surface area contributed by atoms with Crippen molar-refractivity contribution in [2.75, 3.05) is 19.6 Å². The SMILES string of the molecule is Fc1cc(CCN2CCCC2)ccc1Br. The maximum Gasteiger partial charge on any atom is 0.137 e. The molecule has 0 atom stereocenters. The molecule has 15 heavy (non-hydrogen) atoms. The lowest BCUT2D eigenvalue weighted by Gasteiger charge is -2.14. The molecule has 1 fully saturated rings. The molecule has 1 aliphatic rings. The van der Waals surface area contributed by atoms with Crippen molar-refractivity contribution in [2.24, 2.45) is 0 Å². The van der Waals surface area contributed by atoms with Crippen molar-refractivity contribution < 1.29 is 4.39 Å². The average Bonchev–Trinajstić information content (AvgIpc) is 2.73.